The topological polar surface area (TPSA) is 55.8 Å². The zero-order valence-electron chi connectivity index (χ0n) is 12.5. The van der Waals surface area contributed by atoms with Crippen molar-refractivity contribution in [2.24, 2.45) is 0 Å². The molecule has 0 spiro atoms. The molecule has 0 aromatic heterocycles. The molecule has 1 N–H and O–H groups in total. The van der Waals surface area contributed by atoms with Crippen molar-refractivity contribution < 1.29 is 19.4 Å². The molecule has 0 rings (SSSR count). The molecule has 0 aromatic carbocycles. The van der Waals surface area contributed by atoms with Gasteiger partial charge in [0.05, 0.1) is 13.2 Å². The van der Waals surface area contributed by atoms with Crippen molar-refractivity contribution in [2.45, 2.75) is 51.9 Å². The van der Waals surface area contributed by atoms with Crippen LogP contribution in [0.1, 0.15) is 51.9 Å². The van der Waals surface area contributed by atoms with E-state index in [0.29, 0.717) is 0 Å². The fraction of sp³-hybridized carbons (Fsp3) is 0.800. The number of methoxy groups -OCH3 is 1. The van der Waals surface area contributed by atoms with Gasteiger partial charge in [0, 0.05) is 19.8 Å². The Morgan fingerprint density at radius 3 is 2.05 bits per heavy atom. The van der Waals surface area contributed by atoms with Gasteiger partial charge in [0.2, 0.25) is 0 Å². The molecule has 0 atom stereocenters. The number of rotatable bonds is 12. The number of unbranched alkanes of at least 4 members (excludes halogenated alkanes) is 6. The van der Waals surface area contributed by atoms with Crippen LogP contribution >= 0.6 is 0 Å². The molecule has 0 aliphatic heterocycles. The summed E-state index contributed by atoms with van der Waals surface area (Å²) in [5, 5.41) is 7.60. The van der Waals surface area contributed by atoms with Crippen LogP contribution in [-0.2, 0) is 14.3 Å². The fourth-order valence-corrected chi connectivity index (χ4v) is 1.41. The molecule has 0 amide bonds. The molecule has 19 heavy (non-hydrogen) atoms. The molecular formula is C15H30O4. The Balaban J connectivity index is 0. The summed E-state index contributed by atoms with van der Waals surface area (Å²) in [7, 11) is 1.71. The van der Waals surface area contributed by atoms with Crippen molar-refractivity contribution in [1.29, 1.82) is 0 Å². The van der Waals surface area contributed by atoms with Gasteiger partial charge in [-0.25, -0.2) is 4.79 Å². The Hall–Kier alpha value is -0.870. The van der Waals surface area contributed by atoms with Crippen LogP contribution in [0.2, 0.25) is 0 Å². The van der Waals surface area contributed by atoms with Gasteiger partial charge < -0.3 is 14.6 Å². The monoisotopic (exact) mass is 274 g/mol. The number of carboxylic acids is 1. The van der Waals surface area contributed by atoms with Crippen LogP contribution in [0.3, 0.4) is 0 Å². The third kappa shape index (κ3) is 26.7. The number of carbonyl (C=O) groups is 1. The minimum atomic E-state index is -0.981. The van der Waals surface area contributed by atoms with Gasteiger partial charge in [-0.1, -0.05) is 52.0 Å². The first kappa shape index (κ1) is 20.4. The maximum Gasteiger partial charge on any atom is 0.327 e. The third-order valence-corrected chi connectivity index (χ3v) is 2.50. The van der Waals surface area contributed by atoms with Gasteiger partial charge in [0.1, 0.15) is 0 Å². The van der Waals surface area contributed by atoms with Crippen LogP contribution in [0.5, 0.6) is 0 Å². The summed E-state index contributed by atoms with van der Waals surface area (Å²) >= 11 is 0. The molecule has 4 heteroatoms. The van der Waals surface area contributed by atoms with Gasteiger partial charge >= 0.3 is 5.97 Å². The van der Waals surface area contributed by atoms with E-state index in [1.165, 1.54) is 44.9 Å². The first-order valence-electron chi connectivity index (χ1n) is 7.11. The van der Waals surface area contributed by atoms with Crippen molar-refractivity contribution in [3.8, 4) is 0 Å². The van der Waals surface area contributed by atoms with Crippen LogP contribution in [0.15, 0.2) is 12.7 Å². The minimum Gasteiger partial charge on any atom is -0.478 e. The summed E-state index contributed by atoms with van der Waals surface area (Å²) in [5.74, 6) is -0.981. The van der Waals surface area contributed by atoms with E-state index in [2.05, 4.69) is 13.5 Å². The Kier molecular flexibility index (Phi) is 21.0. The quantitative estimate of drug-likeness (QED) is 0.436. The average Bonchev–Trinajstić information content (AvgIpc) is 2.41. The zero-order valence-corrected chi connectivity index (χ0v) is 12.5. The first-order valence-corrected chi connectivity index (χ1v) is 7.11. The summed E-state index contributed by atoms with van der Waals surface area (Å²) in [6, 6.07) is 0. The normalized spacial score (nSPS) is 9.58. The summed E-state index contributed by atoms with van der Waals surface area (Å²) < 4.78 is 10.3. The largest absolute Gasteiger partial charge is 0.478 e. The van der Waals surface area contributed by atoms with Gasteiger partial charge in [-0.15, -0.1) is 0 Å². The van der Waals surface area contributed by atoms with E-state index >= 15 is 0 Å². The van der Waals surface area contributed by atoms with Crippen LogP contribution in [0.25, 0.3) is 0 Å². The molecule has 0 unspecified atom stereocenters. The average molecular weight is 274 g/mol. The molecule has 114 valence electrons. The Labute approximate surface area is 117 Å². The molecule has 0 saturated heterocycles. The van der Waals surface area contributed by atoms with E-state index in [0.717, 1.165) is 25.9 Å². The lowest BCUT2D eigenvalue weighted by Gasteiger charge is -2.03. The lowest BCUT2D eigenvalue weighted by atomic mass is 10.1. The smallest absolute Gasteiger partial charge is 0.327 e. The van der Waals surface area contributed by atoms with E-state index in [9.17, 15) is 4.79 Å². The fourth-order valence-electron chi connectivity index (χ4n) is 1.41. The van der Waals surface area contributed by atoms with Crippen molar-refractivity contribution in [3.05, 3.63) is 12.7 Å². The van der Waals surface area contributed by atoms with E-state index in [-0.39, 0.29) is 0 Å². The highest BCUT2D eigenvalue weighted by Crippen LogP contribution is 2.06. The van der Waals surface area contributed by atoms with E-state index in [1.807, 2.05) is 0 Å². The lowest BCUT2D eigenvalue weighted by Crippen LogP contribution is -2.02. The number of carboxylic acid groups (broad SMARTS) is 1. The van der Waals surface area contributed by atoms with Crippen LogP contribution in [-0.4, -0.2) is 38.0 Å². The maximum atomic E-state index is 9.25. The second-order valence-electron chi connectivity index (χ2n) is 4.27. The number of hydrogen-bond acceptors (Lipinski definition) is 3. The highest BCUT2D eigenvalue weighted by atomic mass is 16.5. The molecule has 0 aliphatic carbocycles. The highest BCUT2D eigenvalue weighted by molar-refractivity contribution is 5.78. The molecule has 0 aliphatic rings. The van der Waals surface area contributed by atoms with Crippen molar-refractivity contribution in [2.75, 3.05) is 26.9 Å². The van der Waals surface area contributed by atoms with Gasteiger partial charge in [-0.3, -0.25) is 0 Å². The van der Waals surface area contributed by atoms with Gasteiger partial charge in [-0.05, 0) is 6.42 Å². The van der Waals surface area contributed by atoms with Crippen molar-refractivity contribution >= 4 is 5.97 Å². The Morgan fingerprint density at radius 1 is 1.05 bits per heavy atom. The predicted molar refractivity (Wildman–Crippen MR) is 78.5 cm³/mol. The predicted octanol–water partition coefficient (Wildman–Crippen LogP) is 3.66. The van der Waals surface area contributed by atoms with Crippen LogP contribution in [0.4, 0.5) is 0 Å². The van der Waals surface area contributed by atoms with E-state index in [1.54, 1.807) is 7.11 Å². The number of aliphatic carboxylic acids is 1. The summed E-state index contributed by atoms with van der Waals surface area (Å²) in [6.45, 7) is 7.58. The summed E-state index contributed by atoms with van der Waals surface area (Å²) in [5.41, 5.74) is 0. The first-order chi connectivity index (χ1) is 9.18. The molecule has 0 bridgehead atoms. The SMILES string of the molecule is C=CC(=O)O.CCCCCCCCCOCCOC. The molecule has 0 aromatic rings. The molecular weight excluding hydrogens is 244 g/mol. The summed E-state index contributed by atoms with van der Waals surface area (Å²) in [4.78, 5) is 9.25. The Morgan fingerprint density at radius 2 is 1.58 bits per heavy atom. The lowest BCUT2D eigenvalue weighted by molar-refractivity contribution is -0.131. The van der Waals surface area contributed by atoms with Crippen molar-refractivity contribution in [3.63, 3.8) is 0 Å². The zero-order chi connectivity index (χ0) is 14.8. The number of ether oxygens (including phenoxy) is 2. The Bertz CT molecular complexity index is 181. The standard InChI is InChI=1S/C12H26O2.C3H4O2/c1-3-4-5-6-7-8-9-10-14-12-11-13-2;1-2-3(4)5/h3-12H2,1-2H3;2H,1H2,(H,4,5). The molecule has 0 saturated carbocycles. The molecule has 0 radical (unpaired) electrons. The van der Waals surface area contributed by atoms with Crippen LogP contribution in [0, 0.1) is 0 Å². The highest BCUT2D eigenvalue weighted by Gasteiger charge is 1.91. The second-order valence-corrected chi connectivity index (χ2v) is 4.27. The van der Waals surface area contributed by atoms with Gasteiger partial charge in [-0.2, -0.15) is 0 Å². The molecule has 4 nitrogen and oxygen atoms in total. The van der Waals surface area contributed by atoms with Gasteiger partial charge in [0.25, 0.3) is 0 Å². The van der Waals surface area contributed by atoms with Gasteiger partial charge in [0.15, 0.2) is 0 Å². The number of hydrogen-bond donors (Lipinski definition) is 1. The molecule has 0 heterocycles. The van der Waals surface area contributed by atoms with E-state index < -0.39 is 5.97 Å². The van der Waals surface area contributed by atoms with E-state index in [4.69, 9.17) is 14.6 Å². The third-order valence-electron chi connectivity index (χ3n) is 2.50. The minimum absolute atomic E-state index is 0.719. The molecule has 0 fully saturated rings. The second kappa shape index (κ2) is 19.5. The maximum absolute atomic E-state index is 9.25. The van der Waals surface area contributed by atoms with Crippen molar-refractivity contribution in [1.82, 2.24) is 0 Å². The summed E-state index contributed by atoms with van der Waals surface area (Å²) in [6.07, 6.45) is 10.2. The van der Waals surface area contributed by atoms with Crippen LogP contribution < -0.4 is 0 Å².